The molecule has 0 spiro atoms. The number of anilines is 1. The number of nitrogens with zero attached hydrogens (tertiary/aromatic N) is 3. The second-order valence-electron chi connectivity index (χ2n) is 6.07. The minimum atomic E-state index is 0.325. The van der Waals surface area contributed by atoms with Gasteiger partial charge in [0, 0.05) is 26.1 Å². The van der Waals surface area contributed by atoms with Crippen LogP contribution in [0, 0.1) is 19.8 Å². The summed E-state index contributed by atoms with van der Waals surface area (Å²) in [6.45, 7) is 6.14. The lowest BCUT2D eigenvalue weighted by molar-refractivity contribution is 0.0376. The minimum absolute atomic E-state index is 0.325. The van der Waals surface area contributed by atoms with E-state index in [1.807, 2.05) is 14.0 Å². The Labute approximate surface area is 136 Å². The van der Waals surface area contributed by atoms with E-state index in [9.17, 15) is 0 Å². The summed E-state index contributed by atoms with van der Waals surface area (Å²) in [5.74, 6) is 0.491. The fourth-order valence-electron chi connectivity index (χ4n) is 3.25. The molecule has 3 rings (SSSR count). The van der Waals surface area contributed by atoms with Gasteiger partial charge in [-0.2, -0.15) is 0 Å². The van der Waals surface area contributed by atoms with Crippen LogP contribution in [0.4, 0.5) is 5.13 Å². The molecule has 22 heavy (non-hydrogen) atoms. The van der Waals surface area contributed by atoms with Crippen molar-refractivity contribution in [3.05, 3.63) is 40.4 Å². The predicted molar refractivity (Wildman–Crippen MR) is 90.6 cm³/mol. The van der Waals surface area contributed by atoms with Crippen LogP contribution in [-0.4, -0.2) is 36.5 Å². The van der Waals surface area contributed by atoms with Crippen molar-refractivity contribution in [1.29, 1.82) is 0 Å². The summed E-state index contributed by atoms with van der Waals surface area (Å²) >= 11 is 1.68. The van der Waals surface area contributed by atoms with Crippen LogP contribution in [0.1, 0.15) is 22.6 Å². The Kier molecular flexibility index (Phi) is 4.74. The van der Waals surface area contributed by atoms with E-state index in [0.29, 0.717) is 12.0 Å². The normalized spacial score (nSPS) is 22.0. The highest BCUT2D eigenvalue weighted by Gasteiger charge is 2.30. The van der Waals surface area contributed by atoms with Crippen molar-refractivity contribution in [3.8, 4) is 0 Å². The van der Waals surface area contributed by atoms with E-state index in [0.717, 1.165) is 36.1 Å². The minimum Gasteiger partial charge on any atom is -0.381 e. The fourth-order valence-corrected chi connectivity index (χ4v) is 3.97. The van der Waals surface area contributed by atoms with E-state index in [-0.39, 0.29) is 0 Å². The first-order valence-corrected chi connectivity index (χ1v) is 8.60. The molecule has 4 nitrogen and oxygen atoms in total. The van der Waals surface area contributed by atoms with Gasteiger partial charge in [-0.05, 0) is 32.3 Å². The summed E-state index contributed by atoms with van der Waals surface area (Å²) in [5, 5.41) is 10.5. The number of aromatic nitrogens is 2. The highest BCUT2D eigenvalue weighted by molar-refractivity contribution is 7.15. The number of ether oxygens (including phenoxy) is 1. The van der Waals surface area contributed by atoms with E-state index in [4.69, 9.17) is 4.74 Å². The summed E-state index contributed by atoms with van der Waals surface area (Å²) in [5.41, 5.74) is 2.71. The van der Waals surface area contributed by atoms with Crippen LogP contribution in [-0.2, 0) is 11.2 Å². The van der Waals surface area contributed by atoms with Crippen LogP contribution in [0.5, 0.6) is 0 Å². The maximum Gasteiger partial charge on any atom is 0.208 e. The summed E-state index contributed by atoms with van der Waals surface area (Å²) < 4.78 is 5.74. The molecule has 0 aliphatic carbocycles. The van der Waals surface area contributed by atoms with Crippen molar-refractivity contribution in [2.24, 2.45) is 5.92 Å². The van der Waals surface area contributed by atoms with Gasteiger partial charge in [0.15, 0.2) is 0 Å². The van der Waals surface area contributed by atoms with E-state index < -0.39 is 0 Å². The van der Waals surface area contributed by atoms with Gasteiger partial charge in [-0.25, -0.2) is 0 Å². The number of benzene rings is 1. The van der Waals surface area contributed by atoms with Crippen LogP contribution in [0.3, 0.4) is 0 Å². The van der Waals surface area contributed by atoms with Crippen molar-refractivity contribution in [3.63, 3.8) is 0 Å². The average molecular weight is 317 g/mol. The van der Waals surface area contributed by atoms with Crippen LogP contribution in [0.15, 0.2) is 24.3 Å². The number of methoxy groups -OCH3 is 1. The number of hydrogen-bond donors (Lipinski definition) is 0. The monoisotopic (exact) mass is 317 g/mol. The molecule has 1 aromatic carbocycles. The molecular weight excluding hydrogens is 294 g/mol. The number of rotatable bonds is 4. The molecule has 0 bridgehead atoms. The second-order valence-corrected chi connectivity index (χ2v) is 7.23. The van der Waals surface area contributed by atoms with Crippen LogP contribution < -0.4 is 4.90 Å². The SMILES string of the molecule is CO[C@H]1CCN(c2nnc(C)s2)C[C@H]1Cc1cccc(C)c1. The first-order chi connectivity index (χ1) is 10.7. The van der Waals surface area contributed by atoms with Gasteiger partial charge >= 0.3 is 0 Å². The Morgan fingerprint density at radius 1 is 1.32 bits per heavy atom. The van der Waals surface area contributed by atoms with E-state index in [2.05, 4.69) is 46.3 Å². The number of piperidine rings is 1. The Morgan fingerprint density at radius 3 is 2.86 bits per heavy atom. The Balaban J connectivity index is 1.74. The molecule has 0 radical (unpaired) electrons. The van der Waals surface area contributed by atoms with Crippen molar-refractivity contribution in [1.82, 2.24) is 10.2 Å². The fraction of sp³-hybridized carbons (Fsp3) is 0.529. The zero-order valence-corrected chi connectivity index (χ0v) is 14.3. The standard InChI is InChI=1S/C17H23N3OS/c1-12-5-4-6-14(9-12)10-15-11-20(8-7-16(15)21-3)17-19-18-13(2)22-17/h4-6,9,15-16H,7-8,10-11H2,1-3H3/t15-,16+/m1/s1. The Bertz CT molecular complexity index is 628. The Morgan fingerprint density at radius 2 is 2.18 bits per heavy atom. The zero-order valence-electron chi connectivity index (χ0n) is 13.5. The molecule has 0 unspecified atom stereocenters. The highest BCUT2D eigenvalue weighted by atomic mass is 32.1. The van der Waals surface area contributed by atoms with Gasteiger partial charge in [-0.15, -0.1) is 10.2 Å². The van der Waals surface area contributed by atoms with Gasteiger partial charge < -0.3 is 9.64 Å². The van der Waals surface area contributed by atoms with Crippen molar-refractivity contribution >= 4 is 16.5 Å². The smallest absolute Gasteiger partial charge is 0.208 e. The molecule has 1 fully saturated rings. The average Bonchev–Trinajstić information content (AvgIpc) is 2.94. The molecule has 5 heteroatoms. The summed E-state index contributed by atoms with van der Waals surface area (Å²) in [4.78, 5) is 2.36. The molecule has 2 aromatic rings. The van der Waals surface area contributed by atoms with Crippen molar-refractivity contribution in [2.75, 3.05) is 25.1 Å². The topological polar surface area (TPSA) is 38.2 Å². The van der Waals surface area contributed by atoms with E-state index in [1.54, 1.807) is 11.3 Å². The lowest BCUT2D eigenvalue weighted by Gasteiger charge is -2.37. The molecule has 2 heterocycles. The molecule has 0 saturated carbocycles. The van der Waals surface area contributed by atoms with Crippen molar-refractivity contribution in [2.45, 2.75) is 32.8 Å². The van der Waals surface area contributed by atoms with Gasteiger partial charge in [0.05, 0.1) is 6.10 Å². The summed E-state index contributed by atoms with van der Waals surface area (Å²) in [6, 6.07) is 8.78. The molecule has 0 amide bonds. The van der Waals surface area contributed by atoms with Gasteiger partial charge in [0.2, 0.25) is 5.13 Å². The first kappa shape index (κ1) is 15.4. The van der Waals surface area contributed by atoms with Crippen LogP contribution in [0.2, 0.25) is 0 Å². The predicted octanol–water partition coefficient (Wildman–Crippen LogP) is 3.24. The third-order valence-corrected chi connectivity index (χ3v) is 5.23. The number of hydrogen-bond acceptors (Lipinski definition) is 5. The van der Waals surface area contributed by atoms with Crippen LogP contribution >= 0.6 is 11.3 Å². The van der Waals surface area contributed by atoms with E-state index >= 15 is 0 Å². The van der Waals surface area contributed by atoms with Gasteiger partial charge in [0.25, 0.3) is 0 Å². The maximum atomic E-state index is 5.74. The second kappa shape index (κ2) is 6.75. The molecule has 0 N–H and O–H groups in total. The first-order valence-electron chi connectivity index (χ1n) is 7.79. The van der Waals surface area contributed by atoms with Gasteiger partial charge in [0.1, 0.15) is 5.01 Å². The van der Waals surface area contributed by atoms with Gasteiger partial charge in [-0.1, -0.05) is 41.2 Å². The van der Waals surface area contributed by atoms with Crippen LogP contribution in [0.25, 0.3) is 0 Å². The van der Waals surface area contributed by atoms with Crippen molar-refractivity contribution < 1.29 is 4.74 Å². The maximum absolute atomic E-state index is 5.74. The molecule has 1 saturated heterocycles. The molecular formula is C17H23N3OS. The highest BCUT2D eigenvalue weighted by Crippen LogP contribution is 2.29. The number of aryl methyl sites for hydroxylation is 2. The summed E-state index contributed by atoms with van der Waals surface area (Å²) in [7, 11) is 1.83. The molecule has 1 aliphatic heterocycles. The largest absolute Gasteiger partial charge is 0.381 e. The molecule has 118 valence electrons. The third kappa shape index (κ3) is 3.47. The lowest BCUT2D eigenvalue weighted by Crippen LogP contribution is -2.45. The molecule has 2 atom stereocenters. The van der Waals surface area contributed by atoms with E-state index in [1.165, 1.54) is 11.1 Å². The summed E-state index contributed by atoms with van der Waals surface area (Å²) in [6.07, 6.45) is 2.42. The zero-order chi connectivity index (χ0) is 15.5. The lowest BCUT2D eigenvalue weighted by atomic mass is 9.88. The Hall–Kier alpha value is -1.46. The molecule has 1 aromatic heterocycles. The quantitative estimate of drug-likeness (QED) is 0.868. The third-order valence-electron chi connectivity index (χ3n) is 4.33. The van der Waals surface area contributed by atoms with Gasteiger partial charge in [-0.3, -0.25) is 0 Å². The molecule has 1 aliphatic rings.